The van der Waals surface area contributed by atoms with Crippen LogP contribution < -0.4 is 0 Å². The molecule has 1 aliphatic rings. The largest absolute Gasteiger partial charge is 0.460 e. The van der Waals surface area contributed by atoms with E-state index in [2.05, 4.69) is 48.2 Å². The number of ether oxygens (including phenoxy) is 1. The SMILES string of the molecule is COC1CCCN(Cc2ccc(-c3ccc(C)cc3)o2)C1. The molecule has 1 saturated heterocycles. The summed E-state index contributed by atoms with van der Waals surface area (Å²) in [5.74, 6) is 1.98. The summed E-state index contributed by atoms with van der Waals surface area (Å²) in [4.78, 5) is 2.41. The van der Waals surface area contributed by atoms with E-state index in [0.29, 0.717) is 6.10 Å². The Morgan fingerprint density at radius 3 is 2.76 bits per heavy atom. The predicted octanol–water partition coefficient (Wildman–Crippen LogP) is 3.87. The van der Waals surface area contributed by atoms with Crippen molar-refractivity contribution in [3.8, 4) is 11.3 Å². The van der Waals surface area contributed by atoms with Gasteiger partial charge in [0.15, 0.2) is 0 Å². The third-order valence-corrected chi connectivity index (χ3v) is 4.17. The van der Waals surface area contributed by atoms with Crippen molar-refractivity contribution in [1.29, 1.82) is 0 Å². The van der Waals surface area contributed by atoms with Gasteiger partial charge in [0, 0.05) is 19.2 Å². The van der Waals surface area contributed by atoms with Gasteiger partial charge in [-0.1, -0.05) is 29.8 Å². The maximum Gasteiger partial charge on any atom is 0.134 e. The number of furan rings is 1. The highest BCUT2D eigenvalue weighted by molar-refractivity contribution is 5.57. The zero-order chi connectivity index (χ0) is 14.7. The lowest BCUT2D eigenvalue weighted by Crippen LogP contribution is -2.38. The van der Waals surface area contributed by atoms with Crippen LogP contribution in [0.1, 0.15) is 24.2 Å². The Labute approximate surface area is 126 Å². The first-order valence-corrected chi connectivity index (χ1v) is 7.65. The number of hydrogen-bond donors (Lipinski definition) is 0. The van der Waals surface area contributed by atoms with Gasteiger partial charge in [0.1, 0.15) is 11.5 Å². The molecule has 0 N–H and O–H groups in total. The zero-order valence-electron chi connectivity index (χ0n) is 12.8. The molecule has 1 aliphatic heterocycles. The maximum absolute atomic E-state index is 6.00. The summed E-state index contributed by atoms with van der Waals surface area (Å²) in [6.07, 6.45) is 2.73. The number of methoxy groups -OCH3 is 1. The number of rotatable bonds is 4. The molecular weight excluding hydrogens is 262 g/mol. The molecule has 3 nitrogen and oxygen atoms in total. The number of benzene rings is 1. The average Bonchev–Trinajstić information content (AvgIpc) is 2.96. The summed E-state index contributed by atoms with van der Waals surface area (Å²) in [6.45, 7) is 5.09. The predicted molar refractivity (Wildman–Crippen MR) is 84.2 cm³/mol. The Kier molecular flexibility index (Phi) is 4.42. The van der Waals surface area contributed by atoms with E-state index < -0.39 is 0 Å². The summed E-state index contributed by atoms with van der Waals surface area (Å²) in [5.41, 5.74) is 2.41. The number of aryl methyl sites for hydroxylation is 1. The Balaban J connectivity index is 1.66. The minimum absolute atomic E-state index is 0.366. The third-order valence-electron chi connectivity index (χ3n) is 4.17. The molecule has 0 amide bonds. The van der Waals surface area contributed by atoms with Crippen LogP contribution in [0.3, 0.4) is 0 Å². The number of likely N-dealkylation sites (tertiary alicyclic amines) is 1. The maximum atomic E-state index is 6.00. The molecule has 1 atom stereocenters. The molecule has 1 unspecified atom stereocenters. The van der Waals surface area contributed by atoms with Gasteiger partial charge in [-0.3, -0.25) is 4.90 Å². The van der Waals surface area contributed by atoms with E-state index in [1.165, 1.54) is 18.4 Å². The fourth-order valence-corrected chi connectivity index (χ4v) is 2.91. The number of nitrogens with zero attached hydrogens (tertiary/aromatic N) is 1. The molecule has 0 aliphatic carbocycles. The second-order valence-electron chi connectivity index (χ2n) is 5.87. The van der Waals surface area contributed by atoms with Crippen molar-refractivity contribution in [2.45, 2.75) is 32.4 Å². The number of hydrogen-bond acceptors (Lipinski definition) is 3. The molecule has 0 radical (unpaired) electrons. The molecule has 1 aromatic heterocycles. The first-order valence-electron chi connectivity index (χ1n) is 7.65. The Morgan fingerprint density at radius 2 is 2.00 bits per heavy atom. The third kappa shape index (κ3) is 3.55. The van der Waals surface area contributed by atoms with Gasteiger partial charge >= 0.3 is 0 Å². The van der Waals surface area contributed by atoms with Crippen LogP contribution in [0, 0.1) is 6.92 Å². The van der Waals surface area contributed by atoms with Crippen LogP contribution >= 0.6 is 0 Å². The van der Waals surface area contributed by atoms with Crippen molar-refractivity contribution in [2.24, 2.45) is 0 Å². The monoisotopic (exact) mass is 285 g/mol. The second kappa shape index (κ2) is 6.46. The standard InChI is InChI=1S/C18H23NO2/c1-14-5-7-15(8-6-14)18-10-9-17(21-18)13-19-11-3-4-16(12-19)20-2/h5-10,16H,3-4,11-13H2,1-2H3. The molecule has 0 spiro atoms. The lowest BCUT2D eigenvalue weighted by molar-refractivity contribution is 0.0264. The van der Waals surface area contributed by atoms with E-state index in [0.717, 1.165) is 36.7 Å². The second-order valence-corrected chi connectivity index (χ2v) is 5.87. The van der Waals surface area contributed by atoms with Crippen LogP contribution in [0.5, 0.6) is 0 Å². The quantitative estimate of drug-likeness (QED) is 0.853. The summed E-state index contributed by atoms with van der Waals surface area (Å²) >= 11 is 0. The van der Waals surface area contributed by atoms with Gasteiger partial charge in [-0.05, 0) is 38.4 Å². The van der Waals surface area contributed by atoms with Crippen molar-refractivity contribution in [3.05, 3.63) is 47.7 Å². The highest BCUT2D eigenvalue weighted by Crippen LogP contribution is 2.24. The van der Waals surface area contributed by atoms with E-state index in [1.54, 1.807) is 7.11 Å². The van der Waals surface area contributed by atoms with Crippen molar-refractivity contribution in [2.75, 3.05) is 20.2 Å². The molecule has 0 saturated carbocycles. The summed E-state index contributed by atoms with van der Waals surface area (Å²) in [7, 11) is 1.80. The Hall–Kier alpha value is -1.58. The zero-order valence-corrected chi connectivity index (χ0v) is 12.8. The molecule has 3 rings (SSSR count). The molecule has 21 heavy (non-hydrogen) atoms. The van der Waals surface area contributed by atoms with E-state index in [4.69, 9.17) is 9.15 Å². The van der Waals surface area contributed by atoms with E-state index in [1.807, 2.05) is 0 Å². The Bertz CT molecular complexity index is 573. The first-order chi connectivity index (χ1) is 10.2. The summed E-state index contributed by atoms with van der Waals surface area (Å²) < 4.78 is 11.5. The van der Waals surface area contributed by atoms with Gasteiger partial charge in [0.2, 0.25) is 0 Å². The van der Waals surface area contributed by atoms with Crippen molar-refractivity contribution in [3.63, 3.8) is 0 Å². The Morgan fingerprint density at radius 1 is 1.19 bits per heavy atom. The topological polar surface area (TPSA) is 25.6 Å². The van der Waals surface area contributed by atoms with Crippen LogP contribution in [0.4, 0.5) is 0 Å². The van der Waals surface area contributed by atoms with Crippen molar-refractivity contribution < 1.29 is 9.15 Å². The molecule has 1 aromatic carbocycles. The van der Waals surface area contributed by atoms with Gasteiger partial charge in [0.05, 0.1) is 12.6 Å². The van der Waals surface area contributed by atoms with E-state index >= 15 is 0 Å². The van der Waals surface area contributed by atoms with Crippen LogP contribution in [-0.2, 0) is 11.3 Å². The minimum atomic E-state index is 0.366. The molecule has 2 aromatic rings. The first kappa shape index (κ1) is 14.4. The molecular formula is C18H23NO2. The normalized spacial score (nSPS) is 19.8. The van der Waals surface area contributed by atoms with E-state index in [9.17, 15) is 0 Å². The smallest absolute Gasteiger partial charge is 0.134 e. The molecule has 112 valence electrons. The summed E-state index contributed by atoms with van der Waals surface area (Å²) in [6, 6.07) is 12.6. The fraction of sp³-hybridized carbons (Fsp3) is 0.444. The highest BCUT2D eigenvalue weighted by atomic mass is 16.5. The van der Waals surface area contributed by atoms with Crippen LogP contribution in [0.2, 0.25) is 0 Å². The number of piperidine rings is 1. The van der Waals surface area contributed by atoms with Gasteiger partial charge in [-0.2, -0.15) is 0 Å². The summed E-state index contributed by atoms with van der Waals surface area (Å²) in [5, 5.41) is 0. The van der Waals surface area contributed by atoms with Gasteiger partial charge in [0.25, 0.3) is 0 Å². The minimum Gasteiger partial charge on any atom is -0.460 e. The highest BCUT2D eigenvalue weighted by Gasteiger charge is 2.20. The average molecular weight is 285 g/mol. The molecule has 2 heterocycles. The fourth-order valence-electron chi connectivity index (χ4n) is 2.91. The van der Waals surface area contributed by atoms with Gasteiger partial charge in [-0.15, -0.1) is 0 Å². The van der Waals surface area contributed by atoms with Crippen molar-refractivity contribution >= 4 is 0 Å². The molecule has 0 bridgehead atoms. The van der Waals surface area contributed by atoms with E-state index in [-0.39, 0.29) is 0 Å². The lowest BCUT2D eigenvalue weighted by atomic mass is 10.1. The van der Waals surface area contributed by atoms with Crippen LogP contribution in [0.25, 0.3) is 11.3 Å². The van der Waals surface area contributed by atoms with Crippen molar-refractivity contribution in [1.82, 2.24) is 4.90 Å². The van der Waals surface area contributed by atoms with Gasteiger partial charge in [-0.25, -0.2) is 0 Å². The lowest BCUT2D eigenvalue weighted by Gasteiger charge is -2.31. The molecule has 3 heteroatoms. The molecule has 1 fully saturated rings. The van der Waals surface area contributed by atoms with Gasteiger partial charge < -0.3 is 9.15 Å². The van der Waals surface area contributed by atoms with Crippen LogP contribution in [0.15, 0.2) is 40.8 Å². The van der Waals surface area contributed by atoms with Crippen LogP contribution in [-0.4, -0.2) is 31.2 Å².